The molecule has 0 bridgehead atoms. The quantitative estimate of drug-likeness (QED) is 0.0373. The SMILES string of the molecule is CC/C=C\C/C=C\C/C=C\C/C=C\C/C=C\C/C=C\C/C=C\C/C=C\C/C=C\C/C=C\C/C=C\C/C=C\CCCCC(=O)OC(CO)COC(=O)CCCCCCCCCCCCCCCCCCCCCCCCCCCCCCCCCCCCCCC. The lowest BCUT2D eigenvalue weighted by Crippen LogP contribution is -2.28. The van der Waals surface area contributed by atoms with Crippen molar-refractivity contribution in [3.63, 3.8) is 0 Å². The molecular formula is C85H144O5. The number of aliphatic hydroxyl groups excluding tert-OH is 1. The second-order valence-electron chi connectivity index (χ2n) is 25.4. The first kappa shape index (κ1) is 85.8. The fraction of sp³-hybridized carbons (Fsp3) is 0.694. The Morgan fingerprint density at radius 1 is 0.267 bits per heavy atom. The van der Waals surface area contributed by atoms with Gasteiger partial charge in [-0.2, -0.15) is 0 Å². The minimum Gasteiger partial charge on any atom is -0.462 e. The lowest BCUT2D eigenvalue weighted by atomic mass is 10.0. The van der Waals surface area contributed by atoms with Gasteiger partial charge in [-0.15, -0.1) is 0 Å². The molecule has 0 rings (SSSR count). The number of hydrogen-bond donors (Lipinski definition) is 1. The molecule has 0 aliphatic heterocycles. The van der Waals surface area contributed by atoms with Crippen molar-refractivity contribution in [2.45, 2.75) is 367 Å². The van der Waals surface area contributed by atoms with Gasteiger partial charge < -0.3 is 14.6 Å². The Labute approximate surface area is 558 Å². The molecule has 0 saturated heterocycles. The fourth-order valence-electron chi connectivity index (χ4n) is 11.0. The van der Waals surface area contributed by atoms with E-state index in [4.69, 9.17) is 9.47 Å². The predicted octanol–water partition coefficient (Wildman–Crippen LogP) is 27.2. The summed E-state index contributed by atoms with van der Waals surface area (Å²) in [6.45, 7) is 4.03. The van der Waals surface area contributed by atoms with Crippen molar-refractivity contribution in [2.24, 2.45) is 0 Å². The van der Waals surface area contributed by atoms with Gasteiger partial charge in [-0.05, 0) is 103 Å². The van der Waals surface area contributed by atoms with Crippen LogP contribution in [0, 0.1) is 0 Å². The summed E-state index contributed by atoms with van der Waals surface area (Å²) in [6.07, 6.45) is 119. The first-order valence-electron chi connectivity index (χ1n) is 38.4. The van der Waals surface area contributed by atoms with Crippen LogP contribution in [0.15, 0.2) is 146 Å². The summed E-state index contributed by atoms with van der Waals surface area (Å²) in [5.74, 6) is -0.638. The van der Waals surface area contributed by atoms with Crippen LogP contribution >= 0.6 is 0 Å². The summed E-state index contributed by atoms with van der Waals surface area (Å²) in [4.78, 5) is 24.7. The molecule has 0 aliphatic rings. The van der Waals surface area contributed by atoms with Crippen molar-refractivity contribution in [1.82, 2.24) is 0 Å². The van der Waals surface area contributed by atoms with E-state index in [9.17, 15) is 14.7 Å². The lowest BCUT2D eigenvalue weighted by Gasteiger charge is -2.15. The third kappa shape index (κ3) is 76.2. The summed E-state index contributed by atoms with van der Waals surface area (Å²) >= 11 is 0. The Balaban J connectivity index is 3.55. The number of allylic oxidation sites excluding steroid dienone is 24. The lowest BCUT2D eigenvalue weighted by molar-refractivity contribution is -0.161. The molecule has 0 fully saturated rings. The van der Waals surface area contributed by atoms with Crippen molar-refractivity contribution in [2.75, 3.05) is 13.2 Å². The molecule has 1 unspecified atom stereocenters. The van der Waals surface area contributed by atoms with E-state index >= 15 is 0 Å². The highest BCUT2D eigenvalue weighted by molar-refractivity contribution is 5.70. The largest absolute Gasteiger partial charge is 0.462 e. The average Bonchev–Trinajstić information content (AvgIpc) is 3.59. The molecule has 0 saturated carbocycles. The highest BCUT2D eigenvalue weighted by Crippen LogP contribution is 2.18. The molecule has 0 heterocycles. The maximum absolute atomic E-state index is 12.4. The summed E-state index contributed by atoms with van der Waals surface area (Å²) in [5.41, 5.74) is 0. The molecule has 1 atom stereocenters. The zero-order chi connectivity index (χ0) is 64.7. The number of rotatable bonds is 70. The maximum Gasteiger partial charge on any atom is 0.306 e. The smallest absolute Gasteiger partial charge is 0.306 e. The van der Waals surface area contributed by atoms with Crippen molar-refractivity contribution in [1.29, 1.82) is 0 Å². The van der Waals surface area contributed by atoms with Gasteiger partial charge in [0.15, 0.2) is 6.10 Å². The molecule has 5 heteroatoms. The predicted molar refractivity (Wildman–Crippen MR) is 398 cm³/mol. The molecule has 0 aliphatic carbocycles. The van der Waals surface area contributed by atoms with E-state index in [0.717, 1.165) is 116 Å². The summed E-state index contributed by atoms with van der Waals surface area (Å²) < 4.78 is 10.7. The van der Waals surface area contributed by atoms with Gasteiger partial charge in [0.1, 0.15) is 6.61 Å². The zero-order valence-corrected chi connectivity index (χ0v) is 59.1. The molecule has 90 heavy (non-hydrogen) atoms. The van der Waals surface area contributed by atoms with E-state index in [2.05, 4.69) is 160 Å². The number of carbonyl (C=O) groups is 2. The Hall–Kier alpha value is -4.22. The van der Waals surface area contributed by atoms with E-state index < -0.39 is 6.10 Å². The van der Waals surface area contributed by atoms with Gasteiger partial charge in [-0.25, -0.2) is 0 Å². The van der Waals surface area contributed by atoms with E-state index in [0.29, 0.717) is 12.8 Å². The molecular weight excluding hydrogens is 1100 g/mol. The monoisotopic (exact) mass is 1250 g/mol. The summed E-state index contributed by atoms with van der Waals surface area (Å²) in [5, 5.41) is 9.71. The van der Waals surface area contributed by atoms with E-state index in [1.807, 2.05) is 0 Å². The second kappa shape index (κ2) is 79.0. The van der Waals surface area contributed by atoms with E-state index in [-0.39, 0.29) is 25.2 Å². The van der Waals surface area contributed by atoms with Crippen LogP contribution in [0.2, 0.25) is 0 Å². The van der Waals surface area contributed by atoms with Gasteiger partial charge in [0.2, 0.25) is 0 Å². The fourth-order valence-corrected chi connectivity index (χ4v) is 11.0. The van der Waals surface area contributed by atoms with Crippen molar-refractivity contribution >= 4 is 11.9 Å². The minimum atomic E-state index is -0.806. The van der Waals surface area contributed by atoms with Crippen molar-refractivity contribution in [3.8, 4) is 0 Å². The number of unbranched alkanes of at least 4 members (excludes halogenated alkanes) is 38. The highest BCUT2D eigenvalue weighted by Gasteiger charge is 2.16. The molecule has 0 amide bonds. The van der Waals surface area contributed by atoms with Crippen LogP contribution in [-0.4, -0.2) is 36.4 Å². The van der Waals surface area contributed by atoms with E-state index in [1.165, 1.54) is 218 Å². The number of carbonyl (C=O) groups excluding carboxylic acids is 2. The Morgan fingerprint density at radius 3 is 0.722 bits per heavy atom. The second-order valence-corrected chi connectivity index (χ2v) is 25.4. The van der Waals surface area contributed by atoms with Gasteiger partial charge >= 0.3 is 11.9 Å². The van der Waals surface area contributed by atoms with E-state index in [1.54, 1.807) is 0 Å². The molecule has 5 nitrogen and oxygen atoms in total. The Morgan fingerprint density at radius 2 is 0.478 bits per heavy atom. The minimum absolute atomic E-state index is 0.0888. The molecule has 1 N–H and O–H groups in total. The molecule has 0 radical (unpaired) electrons. The Bertz CT molecular complexity index is 1850. The first-order valence-corrected chi connectivity index (χ1v) is 38.4. The molecule has 514 valence electrons. The van der Waals surface area contributed by atoms with Crippen LogP contribution in [0.4, 0.5) is 0 Å². The van der Waals surface area contributed by atoms with Gasteiger partial charge in [0.25, 0.3) is 0 Å². The number of ether oxygens (including phenoxy) is 2. The van der Waals surface area contributed by atoms with Gasteiger partial charge in [0, 0.05) is 12.8 Å². The zero-order valence-electron chi connectivity index (χ0n) is 59.1. The maximum atomic E-state index is 12.4. The van der Waals surface area contributed by atoms with Crippen molar-refractivity contribution < 1.29 is 24.2 Å². The topological polar surface area (TPSA) is 72.8 Å². The van der Waals surface area contributed by atoms with Crippen LogP contribution in [0.5, 0.6) is 0 Å². The van der Waals surface area contributed by atoms with Crippen LogP contribution in [-0.2, 0) is 19.1 Å². The summed E-state index contributed by atoms with van der Waals surface area (Å²) in [7, 11) is 0. The normalized spacial score (nSPS) is 13.1. The van der Waals surface area contributed by atoms with Crippen LogP contribution in [0.3, 0.4) is 0 Å². The molecule has 0 spiro atoms. The van der Waals surface area contributed by atoms with Crippen LogP contribution in [0.25, 0.3) is 0 Å². The van der Waals surface area contributed by atoms with Gasteiger partial charge in [-0.1, -0.05) is 391 Å². The van der Waals surface area contributed by atoms with Crippen LogP contribution in [0.1, 0.15) is 361 Å². The highest BCUT2D eigenvalue weighted by atomic mass is 16.6. The number of hydrogen-bond acceptors (Lipinski definition) is 5. The van der Waals surface area contributed by atoms with Gasteiger partial charge in [-0.3, -0.25) is 9.59 Å². The molecule has 0 aromatic rings. The van der Waals surface area contributed by atoms with Crippen LogP contribution < -0.4 is 0 Å². The third-order valence-corrected chi connectivity index (χ3v) is 16.6. The molecule has 0 aromatic heterocycles. The molecule has 0 aromatic carbocycles. The number of aliphatic hydroxyl groups is 1. The summed E-state index contributed by atoms with van der Waals surface area (Å²) in [6, 6.07) is 0. The standard InChI is InChI=1S/C85H144O5/c1-3-5-7-9-11-13-15-17-19-21-23-25-27-29-31-33-35-37-39-41-42-44-46-48-50-52-54-56-58-60-62-64-66-68-70-72-74-76-78-80-85(88)90-83(81-86)82-89-84(87)79-77-75-73-71-69-67-65-63-61-59-57-55-53-51-49-47-45-43-40-38-36-34-32-30-28-26-24-22-20-18-16-14-12-10-8-6-4-2/h5,7,11,13,17,19,23,25,29,31,35,37,41-42,46,48,52,54,58,60,64,66,70,72,83,86H,3-4,6,8-10,12,14-16,18,20-22,24,26-28,30,32-34,36,38-40,43-45,47,49-51,53,55-57,59,61-63,65,67-69,71,73-82H2,1-2H3/b7-5-,13-11-,19-17-,25-23-,31-29-,37-35-,42-41-,48-46-,54-52-,60-58-,66-64-,72-70-. The van der Waals surface area contributed by atoms with Gasteiger partial charge in [0.05, 0.1) is 6.61 Å². The third-order valence-electron chi connectivity index (χ3n) is 16.6. The van der Waals surface area contributed by atoms with Crippen molar-refractivity contribution in [3.05, 3.63) is 146 Å². The first-order chi connectivity index (χ1) is 44.6. The number of esters is 2. The average molecular weight is 1250 g/mol. The Kier molecular flexibility index (Phi) is 75.3.